The van der Waals surface area contributed by atoms with Gasteiger partial charge in [0.25, 0.3) is 0 Å². The number of thioether (sulfide) groups is 1. The SMILES string of the molecule is CCC(=O)Nc1ccc(C(=O)CSc2nc(C)nc3ccccc23)cc1. The standard InChI is InChI=1S/C20H19N3O2S/c1-3-19(25)23-15-10-8-14(9-11-15)18(24)12-26-20-16-6-4-5-7-17(16)21-13(2)22-20/h4-11H,3,12H2,1-2H3,(H,23,25). The Kier molecular flexibility index (Phi) is 5.63. The Labute approximate surface area is 156 Å². The summed E-state index contributed by atoms with van der Waals surface area (Å²) in [6.45, 7) is 3.64. The van der Waals surface area contributed by atoms with E-state index in [1.807, 2.05) is 31.2 Å². The van der Waals surface area contributed by atoms with Gasteiger partial charge in [-0.1, -0.05) is 36.9 Å². The molecule has 6 heteroatoms. The maximum absolute atomic E-state index is 12.5. The first-order chi connectivity index (χ1) is 12.6. The van der Waals surface area contributed by atoms with Crippen LogP contribution in [0.3, 0.4) is 0 Å². The first-order valence-corrected chi connectivity index (χ1v) is 9.34. The molecule has 0 aliphatic rings. The van der Waals surface area contributed by atoms with Crippen molar-refractivity contribution in [1.29, 1.82) is 0 Å². The van der Waals surface area contributed by atoms with Gasteiger partial charge in [-0.15, -0.1) is 0 Å². The van der Waals surface area contributed by atoms with Crippen molar-refractivity contribution < 1.29 is 9.59 Å². The molecule has 0 atom stereocenters. The van der Waals surface area contributed by atoms with Crippen molar-refractivity contribution in [1.82, 2.24) is 9.97 Å². The van der Waals surface area contributed by atoms with Crippen molar-refractivity contribution >= 4 is 40.0 Å². The molecule has 3 rings (SSSR count). The van der Waals surface area contributed by atoms with E-state index in [9.17, 15) is 9.59 Å². The van der Waals surface area contributed by atoms with Crippen LogP contribution in [0.2, 0.25) is 0 Å². The van der Waals surface area contributed by atoms with Crippen molar-refractivity contribution in [2.75, 3.05) is 11.1 Å². The van der Waals surface area contributed by atoms with Crippen molar-refractivity contribution in [3.63, 3.8) is 0 Å². The monoisotopic (exact) mass is 365 g/mol. The number of aryl methyl sites for hydroxylation is 1. The molecule has 1 N–H and O–H groups in total. The molecular weight excluding hydrogens is 346 g/mol. The molecule has 132 valence electrons. The average molecular weight is 365 g/mol. The first kappa shape index (κ1) is 18.1. The Morgan fingerprint density at radius 3 is 2.50 bits per heavy atom. The Balaban J connectivity index is 1.70. The van der Waals surface area contributed by atoms with Crippen molar-refractivity contribution in [3.05, 3.63) is 59.9 Å². The summed E-state index contributed by atoms with van der Waals surface area (Å²) in [5.41, 5.74) is 2.19. The quantitative estimate of drug-likeness (QED) is 0.401. The van der Waals surface area contributed by atoms with Gasteiger partial charge in [0.05, 0.1) is 11.3 Å². The van der Waals surface area contributed by atoms with Crippen LogP contribution in [0.25, 0.3) is 10.9 Å². The van der Waals surface area contributed by atoms with Gasteiger partial charge in [-0.2, -0.15) is 0 Å². The number of aromatic nitrogens is 2. The van der Waals surface area contributed by atoms with Gasteiger partial charge in [0.2, 0.25) is 5.91 Å². The van der Waals surface area contributed by atoms with Crippen LogP contribution >= 0.6 is 11.8 Å². The number of amides is 1. The van der Waals surface area contributed by atoms with E-state index in [4.69, 9.17) is 0 Å². The largest absolute Gasteiger partial charge is 0.326 e. The Morgan fingerprint density at radius 2 is 1.77 bits per heavy atom. The van der Waals surface area contributed by atoms with E-state index in [-0.39, 0.29) is 11.7 Å². The predicted molar refractivity (Wildman–Crippen MR) is 105 cm³/mol. The number of carbonyl (C=O) groups excluding carboxylic acids is 2. The highest BCUT2D eigenvalue weighted by Crippen LogP contribution is 2.26. The van der Waals surface area contributed by atoms with Gasteiger partial charge in [0.15, 0.2) is 5.78 Å². The second kappa shape index (κ2) is 8.10. The summed E-state index contributed by atoms with van der Waals surface area (Å²) < 4.78 is 0. The number of hydrogen-bond donors (Lipinski definition) is 1. The van der Waals surface area contributed by atoms with Crippen LogP contribution in [0.1, 0.15) is 29.5 Å². The molecule has 2 aromatic carbocycles. The number of ketones is 1. The third kappa shape index (κ3) is 4.26. The lowest BCUT2D eigenvalue weighted by Gasteiger charge is -2.07. The molecule has 0 radical (unpaired) electrons. The zero-order chi connectivity index (χ0) is 18.5. The zero-order valence-corrected chi connectivity index (χ0v) is 15.5. The number of carbonyl (C=O) groups is 2. The highest BCUT2D eigenvalue weighted by Gasteiger charge is 2.11. The maximum atomic E-state index is 12.5. The summed E-state index contributed by atoms with van der Waals surface area (Å²) in [5.74, 6) is 0.949. The molecule has 3 aromatic rings. The minimum Gasteiger partial charge on any atom is -0.326 e. The highest BCUT2D eigenvalue weighted by atomic mass is 32.2. The highest BCUT2D eigenvalue weighted by molar-refractivity contribution is 8.00. The second-order valence-corrected chi connectivity index (χ2v) is 6.75. The minimum atomic E-state index is -0.0503. The van der Waals surface area contributed by atoms with Gasteiger partial charge in [-0.3, -0.25) is 9.59 Å². The fraction of sp³-hybridized carbons (Fsp3) is 0.200. The minimum absolute atomic E-state index is 0.0173. The fourth-order valence-corrected chi connectivity index (χ4v) is 3.43. The van der Waals surface area contributed by atoms with Crippen LogP contribution < -0.4 is 5.32 Å². The molecule has 0 saturated heterocycles. The number of Topliss-reactive ketones (excluding diaryl/α,β-unsaturated/α-hetero) is 1. The van der Waals surface area contributed by atoms with Crippen LogP contribution in [0.5, 0.6) is 0 Å². The van der Waals surface area contributed by atoms with E-state index in [0.29, 0.717) is 29.2 Å². The van der Waals surface area contributed by atoms with E-state index in [1.54, 1.807) is 31.2 Å². The number of para-hydroxylation sites is 1. The van der Waals surface area contributed by atoms with Gasteiger partial charge in [0.1, 0.15) is 10.9 Å². The second-order valence-electron chi connectivity index (χ2n) is 5.78. The summed E-state index contributed by atoms with van der Waals surface area (Å²) in [5, 5.41) is 4.54. The van der Waals surface area contributed by atoms with Crippen molar-refractivity contribution in [3.8, 4) is 0 Å². The van der Waals surface area contributed by atoms with Gasteiger partial charge in [-0.25, -0.2) is 9.97 Å². The molecule has 0 bridgehead atoms. The van der Waals surface area contributed by atoms with Crippen molar-refractivity contribution in [2.24, 2.45) is 0 Å². The van der Waals surface area contributed by atoms with Gasteiger partial charge >= 0.3 is 0 Å². The van der Waals surface area contributed by atoms with E-state index >= 15 is 0 Å². The molecule has 1 amide bonds. The third-order valence-electron chi connectivity index (χ3n) is 3.83. The molecule has 0 fully saturated rings. The molecule has 1 aromatic heterocycles. The lowest BCUT2D eigenvalue weighted by molar-refractivity contribution is -0.115. The van der Waals surface area contributed by atoms with Crippen molar-refractivity contribution in [2.45, 2.75) is 25.3 Å². The number of fused-ring (bicyclic) bond motifs is 1. The van der Waals surface area contributed by atoms with Crippen LogP contribution in [0.4, 0.5) is 5.69 Å². The topological polar surface area (TPSA) is 72.0 Å². The van der Waals surface area contributed by atoms with E-state index in [0.717, 1.165) is 15.9 Å². The molecule has 0 unspecified atom stereocenters. The molecule has 1 heterocycles. The number of anilines is 1. The fourth-order valence-electron chi connectivity index (χ4n) is 2.47. The smallest absolute Gasteiger partial charge is 0.224 e. The maximum Gasteiger partial charge on any atom is 0.224 e. The normalized spacial score (nSPS) is 10.7. The molecule has 0 aliphatic carbocycles. The molecule has 26 heavy (non-hydrogen) atoms. The molecular formula is C20H19N3O2S. The Morgan fingerprint density at radius 1 is 1.04 bits per heavy atom. The lowest BCUT2D eigenvalue weighted by Crippen LogP contribution is -2.09. The average Bonchev–Trinajstić information content (AvgIpc) is 2.66. The van der Waals surface area contributed by atoms with Crippen LogP contribution in [-0.4, -0.2) is 27.4 Å². The number of nitrogens with one attached hydrogen (secondary N) is 1. The van der Waals surface area contributed by atoms with Gasteiger partial charge in [0, 0.05) is 23.1 Å². The van der Waals surface area contributed by atoms with Crippen LogP contribution in [0.15, 0.2) is 53.6 Å². The number of benzene rings is 2. The molecule has 0 saturated carbocycles. The summed E-state index contributed by atoms with van der Waals surface area (Å²) >= 11 is 1.42. The van der Waals surface area contributed by atoms with E-state index in [2.05, 4.69) is 15.3 Å². The zero-order valence-electron chi connectivity index (χ0n) is 14.7. The van der Waals surface area contributed by atoms with Gasteiger partial charge < -0.3 is 5.32 Å². The first-order valence-electron chi connectivity index (χ1n) is 8.36. The summed E-state index contributed by atoms with van der Waals surface area (Å²) in [7, 11) is 0. The number of nitrogens with zero attached hydrogens (tertiary/aromatic N) is 2. The summed E-state index contributed by atoms with van der Waals surface area (Å²) in [4.78, 5) is 32.8. The number of rotatable bonds is 6. The van der Waals surface area contributed by atoms with Gasteiger partial charge in [-0.05, 0) is 37.3 Å². The summed E-state index contributed by atoms with van der Waals surface area (Å²) in [6.07, 6.45) is 0.420. The molecule has 0 aliphatic heterocycles. The summed E-state index contributed by atoms with van der Waals surface area (Å²) in [6, 6.07) is 14.7. The Hall–Kier alpha value is -2.73. The van der Waals surface area contributed by atoms with E-state index in [1.165, 1.54) is 11.8 Å². The third-order valence-corrected chi connectivity index (χ3v) is 4.82. The van der Waals surface area contributed by atoms with E-state index < -0.39 is 0 Å². The molecule has 5 nitrogen and oxygen atoms in total. The number of hydrogen-bond acceptors (Lipinski definition) is 5. The van der Waals surface area contributed by atoms with Crippen LogP contribution in [-0.2, 0) is 4.79 Å². The lowest BCUT2D eigenvalue weighted by atomic mass is 10.1. The molecule has 0 spiro atoms. The van der Waals surface area contributed by atoms with Crippen LogP contribution in [0, 0.1) is 6.92 Å². The Bertz CT molecular complexity index is 955. The predicted octanol–water partition coefficient (Wildman–Crippen LogP) is 4.26.